The molecule has 1 aromatic heterocycles. The lowest BCUT2D eigenvalue weighted by Gasteiger charge is -2.34. The van der Waals surface area contributed by atoms with E-state index in [1.807, 2.05) is 0 Å². The smallest absolute Gasteiger partial charge is 0.322 e. The Morgan fingerprint density at radius 2 is 1.87 bits per heavy atom. The van der Waals surface area contributed by atoms with Crippen molar-refractivity contribution in [2.45, 2.75) is 13.1 Å². The first-order chi connectivity index (χ1) is 10.7. The van der Waals surface area contributed by atoms with E-state index in [0.717, 1.165) is 0 Å². The topological polar surface area (TPSA) is 57.6 Å². The predicted molar refractivity (Wildman–Crippen MR) is 79.5 cm³/mol. The number of aromatic nitrogens is 1. The summed E-state index contributed by atoms with van der Waals surface area (Å²) in [5.41, 5.74) is 0.504. The molecule has 0 saturated carbocycles. The summed E-state index contributed by atoms with van der Waals surface area (Å²) in [6.07, 6.45) is -2.64. The van der Waals surface area contributed by atoms with Crippen molar-refractivity contribution >= 4 is 11.7 Å². The summed E-state index contributed by atoms with van der Waals surface area (Å²) in [6, 6.07) is 1.24. The Morgan fingerprint density at radius 3 is 2.43 bits per heavy atom. The van der Waals surface area contributed by atoms with Gasteiger partial charge in [-0.2, -0.15) is 13.2 Å². The molecule has 1 aliphatic rings. The number of piperazine rings is 1. The van der Waals surface area contributed by atoms with E-state index in [1.165, 1.54) is 14.4 Å². The number of amides is 2. The van der Waals surface area contributed by atoms with Crippen LogP contribution in [-0.2, 0) is 7.05 Å². The minimum atomic E-state index is -4.24. The molecule has 1 aliphatic heterocycles. The summed E-state index contributed by atoms with van der Waals surface area (Å²) in [4.78, 5) is 26.9. The van der Waals surface area contributed by atoms with Gasteiger partial charge in [0.1, 0.15) is 5.69 Å². The van der Waals surface area contributed by atoms with Gasteiger partial charge in [0, 0.05) is 39.4 Å². The molecule has 128 valence electrons. The highest BCUT2D eigenvalue weighted by Gasteiger charge is 2.32. The second-order valence-electron chi connectivity index (χ2n) is 5.60. The van der Waals surface area contributed by atoms with Crippen LogP contribution < -0.4 is 10.9 Å². The van der Waals surface area contributed by atoms with E-state index in [-0.39, 0.29) is 37.4 Å². The van der Waals surface area contributed by atoms with E-state index in [2.05, 4.69) is 5.32 Å². The van der Waals surface area contributed by atoms with E-state index in [0.29, 0.717) is 5.56 Å². The van der Waals surface area contributed by atoms with Crippen LogP contribution in [0.4, 0.5) is 23.7 Å². The molecule has 0 unspecified atom stereocenters. The van der Waals surface area contributed by atoms with Crippen molar-refractivity contribution < 1.29 is 18.0 Å². The normalized spacial score (nSPS) is 16.5. The fraction of sp³-hybridized carbons (Fsp3) is 0.571. The highest BCUT2D eigenvalue weighted by molar-refractivity contribution is 5.90. The summed E-state index contributed by atoms with van der Waals surface area (Å²) in [7, 11) is 1.58. The van der Waals surface area contributed by atoms with Crippen LogP contribution in [0.2, 0.25) is 0 Å². The Labute approximate surface area is 131 Å². The summed E-state index contributed by atoms with van der Waals surface area (Å²) in [6.45, 7) is 1.42. The maximum Gasteiger partial charge on any atom is 0.401 e. The molecule has 9 heteroatoms. The number of hydrogen-bond acceptors (Lipinski definition) is 3. The first-order valence-corrected chi connectivity index (χ1v) is 7.18. The van der Waals surface area contributed by atoms with Crippen molar-refractivity contribution in [1.29, 1.82) is 0 Å². The average Bonchev–Trinajstić information content (AvgIpc) is 2.46. The molecule has 1 fully saturated rings. The third-order valence-corrected chi connectivity index (χ3v) is 3.77. The molecule has 0 bridgehead atoms. The lowest BCUT2D eigenvalue weighted by molar-refractivity contribution is -0.148. The Bertz CT molecular complexity index is 634. The van der Waals surface area contributed by atoms with Crippen LogP contribution in [0.5, 0.6) is 0 Å². The molecule has 1 aromatic rings. The minimum absolute atomic E-state index is 0.151. The van der Waals surface area contributed by atoms with E-state index in [9.17, 15) is 22.8 Å². The summed E-state index contributed by atoms with van der Waals surface area (Å²) >= 11 is 0. The number of anilines is 1. The number of rotatable bonds is 2. The average molecular weight is 332 g/mol. The zero-order valence-electron chi connectivity index (χ0n) is 13.0. The predicted octanol–water partition coefficient (Wildman–Crippen LogP) is 1.41. The van der Waals surface area contributed by atoms with Crippen molar-refractivity contribution in [2.24, 2.45) is 7.05 Å². The van der Waals surface area contributed by atoms with E-state index >= 15 is 0 Å². The lowest BCUT2D eigenvalue weighted by atomic mass is 10.2. The number of carbonyl (C=O) groups is 1. The molecule has 2 amide bonds. The lowest BCUT2D eigenvalue weighted by Crippen LogP contribution is -2.52. The van der Waals surface area contributed by atoms with Gasteiger partial charge in [-0.3, -0.25) is 9.69 Å². The van der Waals surface area contributed by atoms with Crippen LogP contribution in [0.1, 0.15) is 5.56 Å². The molecule has 0 aromatic carbocycles. The van der Waals surface area contributed by atoms with Gasteiger partial charge in [0.2, 0.25) is 0 Å². The van der Waals surface area contributed by atoms with Gasteiger partial charge < -0.3 is 14.8 Å². The molecular formula is C14H19F3N4O2. The first kappa shape index (κ1) is 17.3. The molecule has 2 heterocycles. The molecule has 0 radical (unpaired) electrons. The van der Waals surface area contributed by atoms with Crippen molar-refractivity contribution in [3.8, 4) is 0 Å². The maximum atomic E-state index is 12.3. The van der Waals surface area contributed by atoms with Crippen LogP contribution in [0.25, 0.3) is 0 Å². The second kappa shape index (κ2) is 6.61. The molecule has 0 spiro atoms. The number of alkyl halides is 3. The number of pyridine rings is 1. The first-order valence-electron chi connectivity index (χ1n) is 7.18. The maximum absolute atomic E-state index is 12.3. The quantitative estimate of drug-likeness (QED) is 0.891. The number of carbonyl (C=O) groups excluding carboxylic acids is 1. The fourth-order valence-electron chi connectivity index (χ4n) is 2.42. The fourth-order valence-corrected chi connectivity index (χ4v) is 2.42. The Morgan fingerprint density at radius 1 is 1.26 bits per heavy atom. The second-order valence-corrected chi connectivity index (χ2v) is 5.60. The van der Waals surface area contributed by atoms with Gasteiger partial charge in [-0.15, -0.1) is 0 Å². The number of halogens is 3. The van der Waals surface area contributed by atoms with Gasteiger partial charge in [0.05, 0.1) is 6.54 Å². The zero-order valence-corrected chi connectivity index (χ0v) is 13.0. The third-order valence-electron chi connectivity index (χ3n) is 3.77. The van der Waals surface area contributed by atoms with Crippen LogP contribution in [-0.4, -0.2) is 59.3 Å². The summed E-state index contributed by atoms with van der Waals surface area (Å²) in [5.74, 6) is 0. The number of hydrogen-bond donors (Lipinski definition) is 1. The molecule has 2 rings (SSSR count). The van der Waals surface area contributed by atoms with Crippen LogP contribution in [0.15, 0.2) is 17.1 Å². The Kier molecular flexibility index (Phi) is 4.98. The monoisotopic (exact) mass is 332 g/mol. The molecular weight excluding hydrogens is 313 g/mol. The van der Waals surface area contributed by atoms with Crippen molar-refractivity contribution in [1.82, 2.24) is 14.4 Å². The molecule has 0 aliphatic carbocycles. The van der Waals surface area contributed by atoms with Gasteiger partial charge in [-0.05, 0) is 18.6 Å². The van der Waals surface area contributed by atoms with Gasteiger partial charge >= 0.3 is 12.2 Å². The largest absolute Gasteiger partial charge is 0.401 e. The van der Waals surface area contributed by atoms with E-state index in [4.69, 9.17) is 0 Å². The SMILES string of the molecule is Cc1ccn(C)c(=O)c1NC(=O)N1CCN(CC(F)(F)F)CC1. The van der Waals surface area contributed by atoms with Gasteiger partial charge in [0.25, 0.3) is 5.56 Å². The van der Waals surface area contributed by atoms with Crippen LogP contribution in [0.3, 0.4) is 0 Å². The number of urea groups is 1. The molecule has 0 atom stereocenters. The Balaban J connectivity index is 1.96. The standard InChI is InChI=1S/C14H19F3N4O2/c1-10-3-4-19(2)12(22)11(10)18-13(23)21-7-5-20(6-8-21)9-14(15,16)17/h3-4H,5-9H2,1-2H3,(H,18,23). The van der Waals surface area contributed by atoms with Gasteiger partial charge in [-0.25, -0.2) is 4.79 Å². The van der Waals surface area contributed by atoms with Crippen molar-refractivity contribution in [3.05, 3.63) is 28.2 Å². The highest BCUT2D eigenvalue weighted by atomic mass is 19.4. The summed E-state index contributed by atoms with van der Waals surface area (Å²) in [5, 5.41) is 2.57. The van der Waals surface area contributed by atoms with Crippen molar-refractivity contribution in [3.63, 3.8) is 0 Å². The van der Waals surface area contributed by atoms with E-state index in [1.54, 1.807) is 26.2 Å². The Hall–Kier alpha value is -2.03. The molecule has 6 nitrogen and oxygen atoms in total. The number of aryl methyl sites for hydroxylation is 2. The third kappa shape index (κ3) is 4.47. The summed E-state index contributed by atoms with van der Waals surface area (Å²) < 4.78 is 38.4. The molecule has 1 N–H and O–H groups in total. The van der Waals surface area contributed by atoms with Crippen LogP contribution in [0, 0.1) is 6.92 Å². The van der Waals surface area contributed by atoms with E-state index < -0.39 is 18.8 Å². The molecule has 1 saturated heterocycles. The van der Waals surface area contributed by atoms with Crippen LogP contribution >= 0.6 is 0 Å². The van der Waals surface area contributed by atoms with Gasteiger partial charge in [0.15, 0.2) is 0 Å². The zero-order chi connectivity index (χ0) is 17.2. The minimum Gasteiger partial charge on any atom is -0.322 e. The van der Waals surface area contributed by atoms with Gasteiger partial charge in [-0.1, -0.05) is 0 Å². The number of nitrogens with one attached hydrogen (secondary N) is 1. The van der Waals surface area contributed by atoms with Crippen molar-refractivity contribution in [2.75, 3.05) is 38.0 Å². The molecule has 23 heavy (non-hydrogen) atoms. The highest BCUT2D eigenvalue weighted by Crippen LogP contribution is 2.18. The number of nitrogens with zero attached hydrogens (tertiary/aromatic N) is 3.